The average Bonchev–Trinajstić information content (AvgIpc) is 1.63. The van der Waals surface area contributed by atoms with Crippen molar-refractivity contribution < 1.29 is 15.1 Å². The quantitative estimate of drug-likeness (QED) is 0.389. The summed E-state index contributed by atoms with van der Waals surface area (Å²) in [5.74, 6) is -1.34. The van der Waals surface area contributed by atoms with Crippen LogP contribution in [0.4, 0.5) is 0 Å². The second kappa shape index (κ2) is 4.71. The normalized spacial score (nSPS) is 11.3. The molecule has 0 aliphatic carbocycles. The molecule has 0 aliphatic heterocycles. The Morgan fingerprint density at radius 3 is 1.80 bits per heavy atom. The molecule has 0 saturated heterocycles. The van der Waals surface area contributed by atoms with Gasteiger partial charge in [0.25, 0.3) is 0 Å². The Labute approximate surface area is 57.7 Å². The molecule has 0 bridgehead atoms. The molecule has 6 heteroatoms. The van der Waals surface area contributed by atoms with Gasteiger partial charge in [-0.05, 0) is 0 Å². The molecule has 0 aliphatic rings. The summed E-state index contributed by atoms with van der Waals surface area (Å²) in [6.45, 7) is 0. The molecule has 0 saturated carbocycles. The van der Waals surface area contributed by atoms with Crippen molar-refractivity contribution in [2.24, 2.45) is 17.2 Å². The number of rotatable bonds is 3. The van der Waals surface area contributed by atoms with Crippen molar-refractivity contribution in [2.75, 3.05) is 0 Å². The highest BCUT2D eigenvalue weighted by atomic mass is 16.2. The minimum atomic E-state index is -0.942. The number of primary amides is 2. The van der Waals surface area contributed by atoms with E-state index in [2.05, 4.69) is 0 Å². The Balaban J connectivity index is 0. The first-order valence-corrected chi connectivity index (χ1v) is 2.37. The highest BCUT2D eigenvalue weighted by Gasteiger charge is 2.10. The van der Waals surface area contributed by atoms with E-state index in [1.54, 1.807) is 0 Å². The van der Waals surface area contributed by atoms with E-state index in [1.807, 2.05) is 0 Å². The number of hydrogen-bond acceptors (Lipinski definition) is 3. The molecule has 0 aromatic rings. The molecule has 10 heavy (non-hydrogen) atoms. The maximum Gasteiger partial charge on any atom is 0.234 e. The fourth-order valence-electron chi connectivity index (χ4n) is 0.317. The number of nitrogens with two attached hydrogens (primary N) is 3. The van der Waals surface area contributed by atoms with Gasteiger partial charge in [0.15, 0.2) is 0 Å². The van der Waals surface area contributed by atoms with Crippen molar-refractivity contribution in [3.8, 4) is 0 Å². The molecule has 60 valence electrons. The topological polar surface area (TPSA) is 144 Å². The molecule has 1 atom stereocenters. The van der Waals surface area contributed by atoms with Crippen molar-refractivity contribution in [1.82, 2.24) is 0 Å². The standard InChI is InChI=1S/C4H9N3O2.H2O/c5-2(4(7)9)1-3(6)8;/h2H,1,5H2,(H2,6,8)(H2,7,9);1H2. The van der Waals surface area contributed by atoms with Gasteiger partial charge in [0.05, 0.1) is 12.5 Å². The first-order valence-electron chi connectivity index (χ1n) is 2.37. The number of amides is 2. The smallest absolute Gasteiger partial charge is 0.234 e. The summed E-state index contributed by atoms with van der Waals surface area (Å²) in [6, 6.07) is -0.942. The molecule has 0 rings (SSSR count). The molecule has 0 radical (unpaired) electrons. The van der Waals surface area contributed by atoms with Crippen LogP contribution in [0.15, 0.2) is 0 Å². The van der Waals surface area contributed by atoms with Gasteiger partial charge in [-0.2, -0.15) is 0 Å². The van der Waals surface area contributed by atoms with Crippen LogP contribution in [0.25, 0.3) is 0 Å². The molecule has 0 aromatic heterocycles. The molecule has 0 aromatic carbocycles. The van der Waals surface area contributed by atoms with E-state index >= 15 is 0 Å². The first kappa shape index (κ1) is 11.6. The highest BCUT2D eigenvalue weighted by Crippen LogP contribution is 1.82. The molecule has 2 amide bonds. The summed E-state index contributed by atoms with van der Waals surface area (Å²) >= 11 is 0. The Kier molecular flexibility index (Phi) is 5.48. The van der Waals surface area contributed by atoms with Crippen LogP contribution in [-0.4, -0.2) is 23.3 Å². The van der Waals surface area contributed by atoms with E-state index in [-0.39, 0.29) is 11.9 Å². The Bertz CT molecular complexity index is 136. The van der Waals surface area contributed by atoms with Crippen LogP contribution in [0.1, 0.15) is 6.42 Å². The van der Waals surface area contributed by atoms with Crippen molar-refractivity contribution in [1.29, 1.82) is 0 Å². The van der Waals surface area contributed by atoms with Crippen LogP contribution < -0.4 is 17.2 Å². The van der Waals surface area contributed by atoms with Crippen molar-refractivity contribution in [3.63, 3.8) is 0 Å². The summed E-state index contributed by atoms with van der Waals surface area (Å²) < 4.78 is 0. The fraction of sp³-hybridized carbons (Fsp3) is 0.500. The lowest BCUT2D eigenvalue weighted by molar-refractivity contribution is -0.124. The summed E-state index contributed by atoms with van der Waals surface area (Å²) in [5, 5.41) is 0. The van der Waals surface area contributed by atoms with Gasteiger partial charge in [-0.1, -0.05) is 0 Å². The first-order chi connectivity index (χ1) is 4.04. The third-order valence-corrected chi connectivity index (χ3v) is 0.787. The lowest BCUT2D eigenvalue weighted by Gasteiger charge is -2.01. The zero-order valence-electron chi connectivity index (χ0n) is 5.33. The predicted octanol–water partition coefficient (Wildman–Crippen LogP) is -3.15. The van der Waals surface area contributed by atoms with Crippen molar-refractivity contribution in [2.45, 2.75) is 12.5 Å². The van der Waals surface area contributed by atoms with Crippen LogP contribution in [-0.2, 0) is 9.59 Å². The molecule has 1 unspecified atom stereocenters. The van der Waals surface area contributed by atoms with Crippen LogP contribution >= 0.6 is 0 Å². The largest absolute Gasteiger partial charge is 0.412 e. The summed E-state index contributed by atoms with van der Waals surface area (Å²) in [5.41, 5.74) is 14.5. The number of carbonyl (C=O) groups excluding carboxylic acids is 2. The average molecular weight is 149 g/mol. The lowest BCUT2D eigenvalue weighted by atomic mass is 10.2. The molecular formula is C4H11N3O3. The Morgan fingerprint density at radius 2 is 1.70 bits per heavy atom. The van der Waals surface area contributed by atoms with E-state index < -0.39 is 17.9 Å². The molecular weight excluding hydrogens is 138 g/mol. The van der Waals surface area contributed by atoms with E-state index in [0.29, 0.717) is 0 Å². The van der Waals surface area contributed by atoms with Gasteiger partial charge < -0.3 is 22.7 Å². The van der Waals surface area contributed by atoms with Crippen molar-refractivity contribution >= 4 is 11.8 Å². The maximum atomic E-state index is 10.1. The van der Waals surface area contributed by atoms with Gasteiger partial charge in [-0.15, -0.1) is 0 Å². The van der Waals surface area contributed by atoms with Crippen LogP contribution in [0, 0.1) is 0 Å². The van der Waals surface area contributed by atoms with E-state index in [1.165, 1.54) is 0 Å². The maximum absolute atomic E-state index is 10.1. The minimum Gasteiger partial charge on any atom is -0.412 e. The van der Waals surface area contributed by atoms with Crippen LogP contribution in [0.5, 0.6) is 0 Å². The molecule has 8 N–H and O–H groups in total. The summed E-state index contributed by atoms with van der Waals surface area (Å²) in [6.07, 6.45) is -0.185. The monoisotopic (exact) mass is 149 g/mol. The van der Waals surface area contributed by atoms with E-state index in [0.717, 1.165) is 0 Å². The molecule has 6 nitrogen and oxygen atoms in total. The Hall–Kier alpha value is -1.14. The van der Waals surface area contributed by atoms with Gasteiger partial charge in [-0.25, -0.2) is 0 Å². The van der Waals surface area contributed by atoms with E-state index in [9.17, 15) is 9.59 Å². The van der Waals surface area contributed by atoms with Crippen LogP contribution in [0.2, 0.25) is 0 Å². The van der Waals surface area contributed by atoms with Gasteiger partial charge in [0.2, 0.25) is 11.8 Å². The number of hydrogen-bond donors (Lipinski definition) is 3. The second-order valence-electron chi connectivity index (χ2n) is 1.68. The van der Waals surface area contributed by atoms with E-state index in [4.69, 9.17) is 17.2 Å². The third-order valence-electron chi connectivity index (χ3n) is 0.787. The fourth-order valence-corrected chi connectivity index (χ4v) is 0.317. The Morgan fingerprint density at radius 1 is 1.30 bits per heavy atom. The van der Waals surface area contributed by atoms with Gasteiger partial charge in [0.1, 0.15) is 0 Å². The highest BCUT2D eigenvalue weighted by molar-refractivity contribution is 5.86. The third kappa shape index (κ3) is 5.01. The van der Waals surface area contributed by atoms with Gasteiger partial charge in [0, 0.05) is 0 Å². The number of carbonyl (C=O) groups is 2. The van der Waals surface area contributed by atoms with Crippen LogP contribution in [0.3, 0.4) is 0 Å². The summed E-state index contributed by atoms with van der Waals surface area (Å²) in [7, 11) is 0. The minimum absolute atomic E-state index is 0. The lowest BCUT2D eigenvalue weighted by Crippen LogP contribution is -2.39. The predicted molar refractivity (Wildman–Crippen MR) is 34.6 cm³/mol. The molecule has 0 heterocycles. The molecule has 0 fully saturated rings. The van der Waals surface area contributed by atoms with Gasteiger partial charge >= 0.3 is 0 Å². The van der Waals surface area contributed by atoms with Gasteiger partial charge in [-0.3, -0.25) is 9.59 Å². The SMILES string of the molecule is NC(=O)CC(N)C(N)=O.O. The molecule has 0 spiro atoms. The summed E-state index contributed by atoms with van der Waals surface area (Å²) in [4.78, 5) is 20.2. The second-order valence-corrected chi connectivity index (χ2v) is 1.68. The zero-order valence-corrected chi connectivity index (χ0v) is 5.33. The zero-order chi connectivity index (χ0) is 7.44. The van der Waals surface area contributed by atoms with Crippen molar-refractivity contribution in [3.05, 3.63) is 0 Å².